The van der Waals surface area contributed by atoms with Gasteiger partial charge < -0.3 is 9.26 Å². The molecule has 1 amide bonds. The van der Waals surface area contributed by atoms with Gasteiger partial charge in [0.25, 0.3) is 5.91 Å². The molecule has 0 aliphatic rings. The molecule has 1 unspecified atom stereocenters. The van der Waals surface area contributed by atoms with Gasteiger partial charge in [-0.2, -0.15) is 0 Å². The van der Waals surface area contributed by atoms with Gasteiger partial charge in [0.2, 0.25) is 5.88 Å². The Hall–Kier alpha value is -3.15. The first-order chi connectivity index (χ1) is 12.0. The molecule has 0 aliphatic carbocycles. The summed E-state index contributed by atoms with van der Waals surface area (Å²) in [7, 11) is 0. The van der Waals surface area contributed by atoms with Gasteiger partial charge in [0.1, 0.15) is 17.3 Å². The zero-order chi connectivity index (χ0) is 17.8. The molecule has 3 aromatic rings. The fourth-order valence-electron chi connectivity index (χ4n) is 2.19. The van der Waals surface area contributed by atoms with E-state index in [1.54, 1.807) is 13.0 Å². The minimum atomic E-state index is -0.779. The molecule has 0 spiro atoms. The van der Waals surface area contributed by atoms with E-state index in [0.29, 0.717) is 11.4 Å². The predicted molar refractivity (Wildman–Crippen MR) is 91.8 cm³/mol. The molecule has 0 fully saturated rings. The number of halogens is 1. The molecule has 1 aromatic heterocycles. The van der Waals surface area contributed by atoms with Gasteiger partial charge in [0.05, 0.1) is 0 Å². The monoisotopic (exact) mass is 340 g/mol. The fraction of sp³-hybridized carbons (Fsp3) is 0.158. The van der Waals surface area contributed by atoms with E-state index in [2.05, 4.69) is 10.5 Å². The number of anilines is 1. The Morgan fingerprint density at radius 1 is 1.16 bits per heavy atom. The first kappa shape index (κ1) is 16.7. The van der Waals surface area contributed by atoms with Gasteiger partial charge in [-0.25, -0.2) is 4.39 Å². The van der Waals surface area contributed by atoms with Gasteiger partial charge in [0.15, 0.2) is 6.10 Å². The average Bonchev–Trinajstić information content (AvgIpc) is 3.06. The molecular weight excluding hydrogens is 323 g/mol. The number of ether oxygens (including phenoxy) is 1. The third-order valence-electron chi connectivity index (χ3n) is 3.60. The van der Waals surface area contributed by atoms with E-state index >= 15 is 0 Å². The maximum absolute atomic E-state index is 12.9. The maximum atomic E-state index is 12.9. The topological polar surface area (TPSA) is 64.4 Å². The van der Waals surface area contributed by atoms with Crippen molar-refractivity contribution >= 4 is 11.8 Å². The second-order valence-corrected chi connectivity index (χ2v) is 5.65. The van der Waals surface area contributed by atoms with Crippen molar-refractivity contribution in [1.82, 2.24) is 5.16 Å². The van der Waals surface area contributed by atoms with Crippen molar-refractivity contribution in [3.63, 3.8) is 0 Å². The van der Waals surface area contributed by atoms with Crippen molar-refractivity contribution in [2.45, 2.75) is 20.0 Å². The van der Waals surface area contributed by atoms with Gasteiger partial charge in [0, 0.05) is 11.6 Å². The number of nitrogens with zero attached hydrogens (tertiary/aromatic N) is 1. The van der Waals surface area contributed by atoms with Crippen molar-refractivity contribution in [2.24, 2.45) is 0 Å². The maximum Gasteiger partial charge on any atom is 0.267 e. The minimum Gasteiger partial charge on any atom is -0.481 e. The summed E-state index contributed by atoms with van der Waals surface area (Å²) in [6, 6.07) is 14.9. The largest absolute Gasteiger partial charge is 0.481 e. The summed E-state index contributed by atoms with van der Waals surface area (Å²) >= 11 is 0. The Bertz CT molecular complexity index is 857. The van der Waals surface area contributed by atoms with Gasteiger partial charge in [-0.1, -0.05) is 35.0 Å². The third kappa shape index (κ3) is 4.23. The number of amides is 1. The summed E-state index contributed by atoms with van der Waals surface area (Å²) in [6.45, 7) is 3.59. The number of rotatable bonds is 5. The number of hydrogen-bond donors (Lipinski definition) is 1. The number of aryl methyl sites for hydroxylation is 1. The van der Waals surface area contributed by atoms with Crippen LogP contribution in [0.3, 0.4) is 0 Å². The van der Waals surface area contributed by atoms with E-state index in [9.17, 15) is 9.18 Å². The van der Waals surface area contributed by atoms with Crippen LogP contribution in [0, 0.1) is 12.7 Å². The number of carbonyl (C=O) groups excluding carboxylic acids is 1. The molecule has 5 nitrogen and oxygen atoms in total. The van der Waals surface area contributed by atoms with E-state index < -0.39 is 12.0 Å². The number of carbonyl (C=O) groups is 1. The highest BCUT2D eigenvalue weighted by Gasteiger charge is 2.17. The minimum absolute atomic E-state index is 0.232. The quantitative estimate of drug-likeness (QED) is 0.756. The number of hydrogen-bond acceptors (Lipinski definition) is 4. The van der Waals surface area contributed by atoms with E-state index in [1.807, 2.05) is 31.2 Å². The summed E-state index contributed by atoms with van der Waals surface area (Å²) in [5.74, 6) is -0.122. The van der Waals surface area contributed by atoms with Crippen LogP contribution in [0.15, 0.2) is 59.1 Å². The van der Waals surface area contributed by atoms with Crippen LogP contribution >= 0.6 is 0 Å². The van der Waals surface area contributed by atoms with Crippen molar-refractivity contribution in [1.29, 1.82) is 0 Å². The highest BCUT2D eigenvalue weighted by Crippen LogP contribution is 2.22. The molecule has 0 aliphatic heterocycles. The molecule has 0 saturated carbocycles. The Kier molecular flexibility index (Phi) is 4.79. The molecule has 0 radical (unpaired) electrons. The van der Waals surface area contributed by atoms with Gasteiger partial charge in [-0.05, 0) is 38.1 Å². The van der Waals surface area contributed by atoms with Gasteiger partial charge >= 0.3 is 0 Å². The standard InChI is InChI=1S/C19H17FN2O3/c1-12-3-5-14(6-4-12)17-11-18(25-22-17)21-19(23)13(2)24-16-9-7-15(20)8-10-16/h3-11,13H,1-2H3,(H,21,23). The van der Waals surface area contributed by atoms with Crippen LogP contribution in [0.1, 0.15) is 12.5 Å². The lowest BCUT2D eigenvalue weighted by molar-refractivity contribution is -0.122. The average molecular weight is 340 g/mol. The molecular formula is C19H17FN2O3. The van der Waals surface area contributed by atoms with Crippen LogP contribution < -0.4 is 10.1 Å². The van der Waals surface area contributed by atoms with E-state index in [1.165, 1.54) is 24.3 Å². The van der Waals surface area contributed by atoms with E-state index in [-0.39, 0.29) is 11.7 Å². The van der Waals surface area contributed by atoms with Crippen molar-refractivity contribution in [3.05, 3.63) is 66.0 Å². The molecule has 0 saturated heterocycles. The first-order valence-electron chi connectivity index (χ1n) is 7.78. The summed E-state index contributed by atoms with van der Waals surface area (Å²) in [4.78, 5) is 12.2. The van der Waals surface area contributed by atoms with Crippen LogP contribution in [-0.2, 0) is 4.79 Å². The van der Waals surface area contributed by atoms with Crippen molar-refractivity contribution in [2.75, 3.05) is 5.32 Å². The van der Waals surface area contributed by atoms with Gasteiger partial charge in [-0.15, -0.1) is 0 Å². The van der Waals surface area contributed by atoms with Crippen LogP contribution in [0.2, 0.25) is 0 Å². The summed E-state index contributed by atoms with van der Waals surface area (Å²) < 4.78 is 23.5. The SMILES string of the molecule is Cc1ccc(-c2cc(NC(=O)C(C)Oc3ccc(F)cc3)on2)cc1. The predicted octanol–water partition coefficient (Wildman–Crippen LogP) is 4.20. The molecule has 25 heavy (non-hydrogen) atoms. The second-order valence-electron chi connectivity index (χ2n) is 5.65. The highest BCUT2D eigenvalue weighted by atomic mass is 19.1. The Labute approximate surface area is 144 Å². The van der Waals surface area contributed by atoms with Crippen LogP contribution in [-0.4, -0.2) is 17.2 Å². The zero-order valence-corrected chi connectivity index (χ0v) is 13.8. The number of aromatic nitrogens is 1. The van der Waals surface area contributed by atoms with Crippen LogP contribution in [0.4, 0.5) is 10.3 Å². The normalized spacial score (nSPS) is 11.8. The highest BCUT2D eigenvalue weighted by molar-refractivity contribution is 5.93. The van der Waals surface area contributed by atoms with E-state index in [0.717, 1.165) is 11.1 Å². The smallest absolute Gasteiger partial charge is 0.267 e. The van der Waals surface area contributed by atoms with Crippen molar-refractivity contribution in [3.8, 4) is 17.0 Å². The summed E-state index contributed by atoms with van der Waals surface area (Å²) in [5.41, 5.74) is 2.67. The number of benzene rings is 2. The zero-order valence-electron chi connectivity index (χ0n) is 13.8. The number of nitrogens with one attached hydrogen (secondary N) is 1. The third-order valence-corrected chi connectivity index (χ3v) is 3.60. The molecule has 3 rings (SSSR count). The second kappa shape index (κ2) is 7.17. The summed E-state index contributed by atoms with van der Waals surface area (Å²) in [5, 5.41) is 6.56. The molecule has 1 heterocycles. The lowest BCUT2D eigenvalue weighted by Crippen LogP contribution is -2.29. The first-order valence-corrected chi connectivity index (χ1v) is 7.78. The van der Waals surface area contributed by atoms with E-state index in [4.69, 9.17) is 9.26 Å². The van der Waals surface area contributed by atoms with Gasteiger partial charge in [-0.3, -0.25) is 10.1 Å². The molecule has 6 heteroatoms. The Morgan fingerprint density at radius 3 is 2.52 bits per heavy atom. The Balaban J connectivity index is 1.62. The molecule has 0 bridgehead atoms. The molecule has 1 atom stereocenters. The fourth-order valence-corrected chi connectivity index (χ4v) is 2.19. The lowest BCUT2D eigenvalue weighted by atomic mass is 10.1. The van der Waals surface area contributed by atoms with Crippen molar-refractivity contribution < 1.29 is 18.4 Å². The Morgan fingerprint density at radius 2 is 1.84 bits per heavy atom. The van der Waals surface area contributed by atoms with Crippen LogP contribution in [0.5, 0.6) is 5.75 Å². The molecule has 2 aromatic carbocycles. The van der Waals surface area contributed by atoms with Crippen LogP contribution in [0.25, 0.3) is 11.3 Å². The summed E-state index contributed by atoms with van der Waals surface area (Å²) in [6.07, 6.45) is -0.779. The lowest BCUT2D eigenvalue weighted by Gasteiger charge is -2.13. The molecule has 1 N–H and O–H groups in total. The molecule has 128 valence electrons.